The van der Waals surface area contributed by atoms with E-state index in [1.165, 1.54) is 11.9 Å². The van der Waals surface area contributed by atoms with Gasteiger partial charge in [0.1, 0.15) is 5.41 Å². The monoisotopic (exact) mass is 181 g/mol. The number of amides is 2. The molecule has 0 saturated heterocycles. The quantitative estimate of drug-likeness (QED) is 0.620. The van der Waals surface area contributed by atoms with Crippen LogP contribution in [0.1, 0.15) is 12.8 Å². The predicted octanol–water partition coefficient (Wildman–Crippen LogP) is -0.766. The summed E-state index contributed by atoms with van der Waals surface area (Å²) >= 11 is 0. The van der Waals surface area contributed by atoms with Crippen molar-refractivity contribution < 1.29 is 9.59 Å². The molecule has 2 amide bonds. The number of nitriles is 1. The minimum atomic E-state index is -0.857. The molecule has 70 valence electrons. The number of hydrogen-bond acceptors (Lipinski definition) is 3. The molecule has 0 aromatic heterocycles. The van der Waals surface area contributed by atoms with Gasteiger partial charge in [0.15, 0.2) is 0 Å². The summed E-state index contributed by atoms with van der Waals surface area (Å²) in [4.78, 5) is 23.2. The Morgan fingerprint density at radius 3 is 2.46 bits per heavy atom. The maximum atomic E-state index is 11.5. The van der Waals surface area contributed by atoms with Crippen LogP contribution in [0.15, 0.2) is 0 Å². The van der Waals surface area contributed by atoms with E-state index in [2.05, 4.69) is 0 Å². The van der Waals surface area contributed by atoms with Gasteiger partial charge < -0.3 is 10.6 Å². The number of carbonyl (C=O) groups is 2. The van der Waals surface area contributed by atoms with Gasteiger partial charge in [0.2, 0.25) is 11.8 Å². The summed E-state index contributed by atoms with van der Waals surface area (Å²) in [6.45, 7) is -0.123. The summed E-state index contributed by atoms with van der Waals surface area (Å²) in [7, 11) is 1.48. The second kappa shape index (κ2) is 3.05. The molecule has 1 saturated carbocycles. The highest BCUT2D eigenvalue weighted by molar-refractivity contribution is 5.91. The first-order valence-corrected chi connectivity index (χ1v) is 3.97. The van der Waals surface area contributed by atoms with E-state index >= 15 is 0 Å². The van der Waals surface area contributed by atoms with Crippen molar-refractivity contribution in [2.24, 2.45) is 11.1 Å². The molecule has 0 aromatic carbocycles. The molecule has 13 heavy (non-hydrogen) atoms. The molecule has 0 heterocycles. The minimum Gasteiger partial charge on any atom is -0.368 e. The van der Waals surface area contributed by atoms with E-state index in [0.717, 1.165) is 0 Å². The van der Waals surface area contributed by atoms with Crippen LogP contribution >= 0.6 is 0 Å². The van der Waals surface area contributed by atoms with Crippen LogP contribution in [0.5, 0.6) is 0 Å². The molecule has 0 aromatic rings. The van der Waals surface area contributed by atoms with Gasteiger partial charge in [0, 0.05) is 7.05 Å². The van der Waals surface area contributed by atoms with Crippen LogP contribution in [0.2, 0.25) is 0 Å². The first kappa shape index (κ1) is 9.52. The number of primary amides is 1. The van der Waals surface area contributed by atoms with Crippen LogP contribution in [0.4, 0.5) is 0 Å². The predicted molar refractivity (Wildman–Crippen MR) is 44.1 cm³/mol. The summed E-state index contributed by atoms with van der Waals surface area (Å²) in [5.41, 5.74) is 4.06. The fraction of sp³-hybridized carbons (Fsp3) is 0.625. The number of carbonyl (C=O) groups excluding carboxylic acids is 2. The van der Waals surface area contributed by atoms with Gasteiger partial charge in [0.25, 0.3) is 0 Å². The molecule has 1 rings (SSSR count). The fourth-order valence-electron chi connectivity index (χ4n) is 1.17. The summed E-state index contributed by atoms with van der Waals surface area (Å²) in [5, 5.41) is 8.70. The third-order valence-electron chi connectivity index (χ3n) is 2.11. The second-order valence-corrected chi connectivity index (χ2v) is 3.32. The number of hydrogen-bond donors (Lipinski definition) is 1. The summed E-state index contributed by atoms with van der Waals surface area (Å²) in [5.74, 6) is -0.863. The molecular weight excluding hydrogens is 170 g/mol. The molecule has 1 fully saturated rings. The Balaban J connectivity index is 2.59. The molecule has 0 spiro atoms. The Labute approximate surface area is 76.1 Å². The lowest BCUT2D eigenvalue weighted by Gasteiger charge is -2.17. The SMILES string of the molecule is CN(CC(N)=O)C(=O)C1(C#N)CC1. The average molecular weight is 181 g/mol. The van der Waals surface area contributed by atoms with Gasteiger partial charge in [-0.05, 0) is 12.8 Å². The van der Waals surface area contributed by atoms with Gasteiger partial charge >= 0.3 is 0 Å². The van der Waals surface area contributed by atoms with Crippen LogP contribution in [-0.4, -0.2) is 30.3 Å². The normalized spacial score (nSPS) is 17.2. The Kier molecular flexibility index (Phi) is 2.24. The van der Waals surface area contributed by atoms with Crippen molar-refractivity contribution in [3.05, 3.63) is 0 Å². The van der Waals surface area contributed by atoms with Crippen molar-refractivity contribution >= 4 is 11.8 Å². The number of rotatable bonds is 3. The number of nitrogens with zero attached hydrogens (tertiary/aromatic N) is 2. The van der Waals surface area contributed by atoms with E-state index < -0.39 is 11.3 Å². The standard InChI is InChI=1S/C8H11N3O2/c1-11(4-6(10)12)7(13)8(5-9)2-3-8/h2-4H2,1H3,(H2,10,12). The molecule has 5 heteroatoms. The summed E-state index contributed by atoms with van der Waals surface area (Å²) in [6, 6.07) is 1.96. The zero-order valence-corrected chi connectivity index (χ0v) is 7.41. The van der Waals surface area contributed by atoms with Crippen molar-refractivity contribution in [2.45, 2.75) is 12.8 Å². The lowest BCUT2D eigenvalue weighted by atomic mass is 10.1. The van der Waals surface area contributed by atoms with Crippen LogP contribution in [0, 0.1) is 16.7 Å². The Bertz CT molecular complexity index is 288. The molecule has 0 aliphatic heterocycles. The van der Waals surface area contributed by atoms with E-state index in [1.807, 2.05) is 6.07 Å². The van der Waals surface area contributed by atoms with Crippen LogP contribution in [-0.2, 0) is 9.59 Å². The van der Waals surface area contributed by atoms with E-state index in [4.69, 9.17) is 11.0 Å². The third-order valence-corrected chi connectivity index (χ3v) is 2.11. The highest BCUT2D eigenvalue weighted by Crippen LogP contribution is 2.46. The van der Waals surface area contributed by atoms with Crippen molar-refractivity contribution in [1.82, 2.24) is 4.90 Å². The van der Waals surface area contributed by atoms with Gasteiger partial charge in [-0.25, -0.2) is 0 Å². The molecule has 0 unspecified atom stereocenters. The topological polar surface area (TPSA) is 87.2 Å². The van der Waals surface area contributed by atoms with Crippen molar-refractivity contribution in [1.29, 1.82) is 5.26 Å². The van der Waals surface area contributed by atoms with Gasteiger partial charge in [0.05, 0.1) is 12.6 Å². The second-order valence-electron chi connectivity index (χ2n) is 3.32. The molecule has 0 bridgehead atoms. The zero-order valence-electron chi connectivity index (χ0n) is 7.41. The van der Waals surface area contributed by atoms with Crippen molar-refractivity contribution in [3.63, 3.8) is 0 Å². The van der Waals surface area contributed by atoms with Crippen LogP contribution in [0.25, 0.3) is 0 Å². The largest absolute Gasteiger partial charge is 0.368 e. The Morgan fingerprint density at radius 1 is 1.62 bits per heavy atom. The van der Waals surface area contributed by atoms with E-state index in [9.17, 15) is 9.59 Å². The van der Waals surface area contributed by atoms with Crippen LogP contribution in [0.3, 0.4) is 0 Å². The van der Waals surface area contributed by atoms with Gasteiger partial charge in [-0.1, -0.05) is 0 Å². The Morgan fingerprint density at radius 2 is 2.15 bits per heavy atom. The highest BCUT2D eigenvalue weighted by atomic mass is 16.2. The molecular formula is C8H11N3O2. The molecule has 1 aliphatic carbocycles. The van der Waals surface area contributed by atoms with Crippen molar-refractivity contribution in [3.8, 4) is 6.07 Å². The average Bonchev–Trinajstić information content (AvgIpc) is 2.82. The smallest absolute Gasteiger partial charge is 0.243 e. The van der Waals surface area contributed by atoms with E-state index in [-0.39, 0.29) is 12.5 Å². The Hall–Kier alpha value is -1.57. The maximum Gasteiger partial charge on any atom is 0.243 e. The lowest BCUT2D eigenvalue weighted by molar-refractivity contribution is -0.136. The lowest BCUT2D eigenvalue weighted by Crippen LogP contribution is -2.39. The van der Waals surface area contributed by atoms with Gasteiger partial charge in [-0.15, -0.1) is 0 Å². The van der Waals surface area contributed by atoms with E-state index in [0.29, 0.717) is 12.8 Å². The third kappa shape index (κ3) is 1.78. The highest BCUT2D eigenvalue weighted by Gasteiger charge is 2.52. The molecule has 0 radical (unpaired) electrons. The van der Waals surface area contributed by atoms with Gasteiger partial charge in [-0.2, -0.15) is 5.26 Å². The van der Waals surface area contributed by atoms with Crippen LogP contribution < -0.4 is 5.73 Å². The summed E-state index contributed by atoms with van der Waals surface area (Å²) < 4.78 is 0. The maximum absolute atomic E-state index is 11.5. The minimum absolute atomic E-state index is 0.123. The first-order valence-electron chi connectivity index (χ1n) is 3.97. The molecule has 5 nitrogen and oxygen atoms in total. The van der Waals surface area contributed by atoms with E-state index in [1.54, 1.807) is 0 Å². The summed E-state index contributed by atoms with van der Waals surface area (Å²) in [6.07, 6.45) is 1.18. The van der Waals surface area contributed by atoms with Crippen molar-refractivity contribution in [2.75, 3.05) is 13.6 Å². The zero-order chi connectivity index (χ0) is 10.1. The first-order chi connectivity index (χ1) is 6.02. The number of nitrogens with two attached hydrogens (primary N) is 1. The molecule has 1 aliphatic rings. The molecule has 0 atom stereocenters. The fourth-order valence-corrected chi connectivity index (χ4v) is 1.17. The van der Waals surface area contributed by atoms with Gasteiger partial charge in [-0.3, -0.25) is 9.59 Å². The molecule has 2 N–H and O–H groups in total. The number of likely N-dealkylation sites (N-methyl/N-ethyl adjacent to an activating group) is 1.